The molecule has 4 rings (SSSR count). The SMILES string of the molecule is CC1CCN(c2cc(Cl)nc(SCc3cccc(C(=O)NCc4ccccc4)c3)n2)CC1. The van der Waals surface area contributed by atoms with Crippen molar-refractivity contribution in [3.05, 3.63) is 82.5 Å². The van der Waals surface area contributed by atoms with Crippen LogP contribution in [-0.2, 0) is 12.3 Å². The summed E-state index contributed by atoms with van der Waals surface area (Å²) >= 11 is 7.82. The largest absolute Gasteiger partial charge is 0.356 e. The highest BCUT2D eigenvalue weighted by Crippen LogP contribution is 2.27. The van der Waals surface area contributed by atoms with Crippen LogP contribution in [0.4, 0.5) is 5.82 Å². The lowest BCUT2D eigenvalue weighted by molar-refractivity contribution is 0.0951. The van der Waals surface area contributed by atoms with Crippen molar-refractivity contribution < 1.29 is 4.79 Å². The Hall–Kier alpha value is -2.57. The Labute approximate surface area is 198 Å². The van der Waals surface area contributed by atoms with Crippen LogP contribution in [0.5, 0.6) is 0 Å². The zero-order valence-electron chi connectivity index (χ0n) is 18.1. The van der Waals surface area contributed by atoms with Crippen LogP contribution in [0.25, 0.3) is 0 Å². The van der Waals surface area contributed by atoms with Crippen LogP contribution in [-0.4, -0.2) is 29.0 Å². The van der Waals surface area contributed by atoms with Crippen molar-refractivity contribution in [2.75, 3.05) is 18.0 Å². The van der Waals surface area contributed by atoms with Crippen LogP contribution in [0, 0.1) is 5.92 Å². The van der Waals surface area contributed by atoms with Crippen LogP contribution in [0.1, 0.15) is 41.3 Å². The Morgan fingerprint density at radius 3 is 2.59 bits per heavy atom. The molecule has 1 aromatic heterocycles. The van der Waals surface area contributed by atoms with E-state index in [0.29, 0.717) is 28.2 Å². The molecule has 0 saturated carbocycles. The summed E-state index contributed by atoms with van der Waals surface area (Å²) in [5.74, 6) is 2.24. The number of nitrogens with zero attached hydrogens (tertiary/aromatic N) is 3. The number of carbonyl (C=O) groups is 1. The molecule has 1 saturated heterocycles. The van der Waals surface area contributed by atoms with Crippen molar-refractivity contribution >= 4 is 35.1 Å². The smallest absolute Gasteiger partial charge is 0.251 e. The van der Waals surface area contributed by atoms with Gasteiger partial charge >= 0.3 is 0 Å². The molecule has 1 aliphatic heterocycles. The second-order valence-electron chi connectivity index (χ2n) is 8.16. The van der Waals surface area contributed by atoms with Gasteiger partial charge in [0.25, 0.3) is 5.91 Å². The number of rotatable bonds is 7. The van der Waals surface area contributed by atoms with Gasteiger partial charge in [-0.15, -0.1) is 0 Å². The second-order valence-corrected chi connectivity index (χ2v) is 9.49. The van der Waals surface area contributed by atoms with Crippen LogP contribution in [0.15, 0.2) is 65.8 Å². The highest BCUT2D eigenvalue weighted by molar-refractivity contribution is 7.98. The Balaban J connectivity index is 1.37. The van der Waals surface area contributed by atoms with Crippen molar-refractivity contribution in [3.63, 3.8) is 0 Å². The van der Waals surface area contributed by atoms with Crippen molar-refractivity contribution in [2.24, 2.45) is 5.92 Å². The van der Waals surface area contributed by atoms with E-state index in [1.54, 1.807) is 0 Å². The third-order valence-corrected chi connectivity index (χ3v) is 6.73. The van der Waals surface area contributed by atoms with E-state index in [2.05, 4.69) is 22.1 Å². The Kier molecular flexibility index (Phi) is 7.66. The number of carbonyl (C=O) groups excluding carboxylic acids is 1. The molecule has 2 heterocycles. The molecule has 1 aliphatic rings. The zero-order valence-corrected chi connectivity index (χ0v) is 19.7. The average molecular weight is 467 g/mol. The lowest BCUT2D eigenvalue weighted by Gasteiger charge is -2.31. The lowest BCUT2D eigenvalue weighted by Crippen LogP contribution is -2.33. The molecule has 1 N–H and O–H groups in total. The van der Waals surface area contributed by atoms with Gasteiger partial charge in [-0.05, 0) is 42.0 Å². The summed E-state index contributed by atoms with van der Waals surface area (Å²) in [6, 6.07) is 19.4. The molecular weight excluding hydrogens is 440 g/mol. The van der Waals surface area contributed by atoms with Gasteiger partial charge in [0, 0.05) is 37.0 Å². The van der Waals surface area contributed by atoms with Gasteiger partial charge in [0.1, 0.15) is 11.0 Å². The van der Waals surface area contributed by atoms with Gasteiger partial charge in [0.2, 0.25) is 0 Å². The van der Waals surface area contributed by atoms with Crippen LogP contribution >= 0.6 is 23.4 Å². The Morgan fingerprint density at radius 2 is 1.81 bits per heavy atom. The first kappa shape index (κ1) is 22.6. The normalized spacial score (nSPS) is 14.4. The number of halogens is 1. The maximum Gasteiger partial charge on any atom is 0.251 e. The first-order valence-electron chi connectivity index (χ1n) is 10.9. The summed E-state index contributed by atoms with van der Waals surface area (Å²) in [6.45, 7) is 4.80. The second kappa shape index (κ2) is 10.8. The Morgan fingerprint density at radius 1 is 1.06 bits per heavy atom. The third-order valence-electron chi connectivity index (χ3n) is 5.62. The van der Waals surface area contributed by atoms with E-state index in [-0.39, 0.29) is 5.91 Å². The molecular formula is C25H27ClN4OS. The highest BCUT2D eigenvalue weighted by atomic mass is 35.5. The summed E-state index contributed by atoms with van der Waals surface area (Å²) in [5, 5.41) is 4.10. The minimum atomic E-state index is -0.0821. The van der Waals surface area contributed by atoms with E-state index in [1.165, 1.54) is 24.6 Å². The highest BCUT2D eigenvalue weighted by Gasteiger charge is 2.18. The molecule has 0 unspecified atom stereocenters. The molecule has 7 heteroatoms. The van der Waals surface area contributed by atoms with Gasteiger partial charge in [-0.2, -0.15) is 0 Å². The maximum atomic E-state index is 12.6. The predicted molar refractivity (Wildman–Crippen MR) is 131 cm³/mol. The van der Waals surface area contributed by atoms with Crippen molar-refractivity contribution in [1.29, 1.82) is 0 Å². The van der Waals surface area contributed by atoms with Gasteiger partial charge in [-0.1, -0.05) is 72.8 Å². The van der Waals surface area contributed by atoms with Gasteiger partial charge < -0.3 is 10.2 Å². The summed E-state index contributed by atoms with van der Waals surface area (Å²) in [6.07, 6.45) is 2.34. The van der Waals surface area contributed by atoms with Gasteiger partial charge in [0.05, 0.1) is 0 Å². The van der Waals surface area contributed by atoms with Gasteiger partial charge in [-0.25, -0.2) is 9.97 Å². The Bertz CT molecular complexity index is 1050. The number of hydrogen-bond donors (Lipinski definition) is 1. The molecule has 0 aliphatic carbocycles. The van der Waals surface area contributed by atoms with Crippen LogP contribution < -0.4 is 10.2 Å². The van der Waals surface area contributed by atoms with E-state index in [0.717, 1.165) is 36.0 Å². The lowest BCUT2D eigenvalue weighted by atomic mass is 9.99. The van der Waals surface area contributed by atoms with Gasteiger partial charge in [-0.3, -0.25) is 4.79 Å². The number of hydrogen-bond acceptors (Lipinski definition) is 5. The summed E-state index contributed by atoms with van der Waals surface area (Å²) in [4.78, 5) is 24.0. The summed E-state index contributed by atoms with van der Waals surface area (Å²) in [7, 11) is 0. The molecule has 166 valence electrons. The maximum absolute atomic E-state index is 12.6. The predicted octanol–water partition coefficient (Wildman–Crippen LogP) is 5.59. The number of piperidine rings is 1. The van der Waals surface area contributed by atoms with E-state index < -0.39 is 0 Å². The molecule has 1 fully saturated rings. The molecule has 5 nitrogen and oxygen atoms in total. The molecule has 0 bridgehead atoms. The fraction of sp³-hybridized carbons (Fsp3) is 0.320. The molecule has 0 atom stereocenters. The molecule has 2 aromatic carbocycles. The number of benzene rings is 2. The van der Waals surface area contributed by atoms with Crippen LogP contribution in [0.3, 0.4) is 0 Å². The fourth-order valence-corrected chi connectivity index (χ4v) is 4.70. The van der Waals surface area contributed by atoms with Crippen molar-refractivity contribution in [1.82, 2.24) is 15.3 Å². The molecule has 1 amide bonds. The topological polar surface area (TPSA) is 58.1 Å². The minimum absolute atomic E-state index is 0.0821. The van der Waals surface area contributed by atoms with E-state index in [9.17, 15) is 4.79 Å². The van der Waals surface area contributed by atoms with E-state index >= 15 is 0 Å². The van der Waals surface area contributed by atoms with E-state index in [4.69, 9.17) is 16.6 Å². The monoisotopic (exact) mass is 466 g/mol. The van der Waals surface area contributed by atoms with Crippen LogP contribution in [0.2, 0.25) is 5.15 Å². The molecule has 0 radical (unpaired) electrons. The third kappa shape index (κ3) is 6.24. The first-order chi connectivity index (χ1) is 15.6. The number of aromatic nitrogens is 2. The fourth-order valence-electron chi connectivity index (χ4n) is 3.68. The van der Waals surface area contributed by atoms with Crippen molar-refractivity contribution in [2.45, 2.75) is 37.2 Å². The standard InChI is InChI=1S/C25H27ClN4OS/c1-18-10-12-30(13-11-18)23-15-22(26)28-25(29-23)32-17-20-8-5-9-21(14-20)24(31)27-16-19-6-3-2-4-7-19/h2-9,14-15,18H,10-13,16-17H2,1H3,(H,27,31). The number of thioether (sulfide) groups is 1. The molecule has 32 heavy (non-hydrogen) atoms. The van der Waals surface area contributed by atoms with Crippen molar-refractivity contribution in [3.8, 4) is 0 Å². The average Bonchev–Trinajstić information content (AvgIpc) is 2.82. The molecule has 0 spiro atoms. The first-order valence-corrected chi connectivity index (χ1v) is 12.3. The number of nitrogens with one attached hydrogen (secondary N) is 1. The van der Waals surface area contributed by atoms with E-state index in [1.807, 2.05) is 60.7 Å². The summed E-state index contributed by atoms with van der Waals surface area (Å²) < 4.78 is 0. The van der Waals surface area contributed by atoms with Gasteiger partial charge in [0.15, 0.2) is 5.16 Å². The number of amides is 1. The minimum Gasteiger partial charge on any atom is -0.356 e. The number of anilines is 1. The zero-order chi connectivity index (χ0) is 22.3. The quantitative estimate of drug-likeness (QED) is 0.279. The summed E-state index contributed by atoms with van der Waals surface area (Å²) in [5.41, 5.74) is 2.76. The molecule has 3 aromatic rings.